The minimum atomic E-state index is -0.373. The Hall–Kier alpha value is -0.780. The summed E-state index contributed by atoms with van der Waals surface area (Å²) >= 11 is 0. The quantitative estimate of drug-likeness (QED) is 0.393. The van der Waals surface area contributed by atoms with E-state index in [9.17, 15) is 9.59 Å². The summed E-state index contributed by atoms with van der Waals surface area (Å²) in [6.45, 7) is 5.89. The minimum absolute atomic E-state index is 0.00338. The molecule has 0 spiro atoms. The van der Waals surface area contributed by atoms with Crippen molar-refractivity contribution in [3.63, 3.8) is 0 Å². The summed E-state index contributed by atoms with van der Waals surface area (Å²) in [5.41, 5.74) is -0.308. The molecule has 5 heteroatoms. The summed E-state index contributed by atoms with van der Waals surface area (Å²) in [5.74, 6) is -0.733. The van der Waals surface area contributed by atoms with Crippen molar-refractivity contribution >= 4 is 11.8 Å². The second kappa shape index (κ2) is 4.40. The Kier molecular flexibility index (Phi) is 4.21. The highest BCUT2D eigenvalue weighted by atomic mass is 16.2. The van der Waals surface area contributed by atoms with Gasteiger partial charge in [-0.15, -0.1) is 4.59 Å². The van der Waals surface area contributed by atoms with E-state index in [0.717, 1.165) is 0 Å². The van der Waals surface area contributed by atoms with Crippen LogP contribution in [0.1, 0.15) is 20.8 Å². The number of amides is 2. The maximum absolute atomic E-state index is 12.5. The molecule has 0 bridgehead atoms. The predicted octanol–water partition coefficient (Wildman–Crippen LogP) is 0.612. The normalized spacial score (nSPS) is 14.6. The van der Waals surface area contributed by atoms with Crippen LogP contribution in [0.5, 0.6) is 0 Å². The first-order valence-electron chi connectivity index (χ1n) is 6.16. The predicted molar refractivity (Wildman–Crippen MR) is 72.0 cm³/mol. The Morgan fingerprint density at radius 1 is 0.722 bits per heavy atom. The van der Waals surface area contributed by atoms with Gasteiger partial charge in [0, 0.05) is 0 Å². The molecule has 106 valence electrons. The molecule has 0 saturated heterocycles. The van der Waals surface area contributed by atoms with Crippen molar-refractivity contribution in [3.8, 4) is 0 Å². The summed E-state index contributed by atoms with van der Waals surface area (Å²) in [4.78, 5) is 25.0. The average Bonchev–Trinajstić information content (AvgIpc) is 2.11. The van der Waals surface area contributed by atoms with Crippen molar-refractivity contribution in [1.82, 2.24) is 0 Å². The molecule has 0 radical (unpaired) electrons. The van der Waals surface area contributed by atoms with E-state index in [1.165, 1.54) is 0 Å². The van der Waals surface area contributed by atoms with E-state index in [2.05, 4.69) is 0 Å². The lowest BCUT2D eigenvalue weighted by atomic mass is 10.0. The van der Waals surface area contributed by atoms with E-state index in [4.69, 9.17) is 0 Å². The Labute approximate surface area is 111 Å². The number of rotatable bonds is 1. The van der Waals surface area contributed by atoms with Crippen molar-refractivity contribution < 1.29 is 23.3 Å². The Bertz CT molecular complexity index is 321. The number of carbonyl (C=O) groups is 2. The van der Waals surface area contributed by atoms with Gasteiger partial charge in [-0.25, -0.2) is 14.1 Å². The van der Waals surface area contributed by atoms with Crippen LogP contribution in [-0.4, -0.2) is 80.4 Å². The summed E-state index contributed by atoms with van der Waals surface area (Å²) in [6, 6.07) is 0. The molecular weight excluding hydrogens is 230 g/mol. The molecule has 0 saturated carbocycles. The zero-order valence-corrected chi connectivity index (χ0v) is 13.7. The lowest BCUT2D eigenvalue weighted by Gasteiger charge is -2.42. The highest BCUT2D eigenvalue weighted by molar-refractivity contribution is 6.28. The number of quaternary nitrogens is 3. The van der Waals surface area contributed by atoms with Crippen molar-refractivity contribution in [1.29, 1.82) is 0 Å². The number of hydrogen-bond acceptors (Lipinski definition) is 2. The van der Waals surface area contributed by atoms with Crippen LogP contribution in [-0.2, 0) is 9.59 Å². The van der Waals surface area contributed by atoms with E-state index in [-0.39, 0.29) is 26.4 Å². The van der Waals surface area contributed by atoms with Gasteiger partial charge in [0.25, 0.3) is 0 Å². The zero-order chi connectivity index (χ0) is 15.2. The van der Waals surface area contributed by atoms with Crippen LogP contribution >= 0.6 is 0 Å². The topological polar surface area (TPSA) is 34.1 Å². The first-order valence-corrected chi connectivity index (χ1v) is 6.16. The van der Waals surface area contributed by atoms with Crippen molar-refractivity contribution in [2.45, 2.75) is 26.3 Å². The summed E-state index contributed by atoms with van der Waals surface area (Å²) in [5, 5.41) is 0. The average molecular weight is 260 g/mol. The molecule has 0 aliphatic rings. The number of carbonyl (C=O) groups excluding carboxylic acids is 2. The third-order valence-electron chi connectivity index (χ3n) is 4.36. The van der Waals surface area contributed by atoms with Gasteiger partial charge < -0.3 is 0 Å². The van der Waals surface area contributed by atoms with Crippen LogP contribution in [0.25, 0.3) is 0 Å². The fourth-order valence-corrected chi connectivity index (χ4v) is 1.05. The zero-order valence-electron chi connectivity index (χ0n) is 13.7. The molecule has 18 heavy (non-hydrogen) atoms. The fourth-order valence-electron chi connectivity index (χ4n) is 1.05. The van der Waals surface area contributed by atoms with E-state index in [1.807, 2.05) is 41.9 Å². The molecule has 5 nitrogen and oxygen atoms in total. The Morgan fingerprint density at radius 2 is 1.06 bits per heavy atom. The second-order valence-corrected chi connectivity index (χ2v) is 7.57. The summed E-state index contributed by atoms with van der Waals surface area (Å²) < 4.78 is 0.415. The van der Waals surface area contributed by atoms with Gasteiger partial charge in [-0.2, -0.15) is 4.59 Å². The van der Waals surface area contributed by atoms with Crippen LogP contribution in [0, 0.1) is 0 Å². The lowest BCUT2D eigenvalue weighted by Crippen LogP contribution is -2.72. The van der Waals surface area contributed by atoms with Gasteiger partial charge in [0.15, 0.2) is 0 Å². The maximum Gasteiger partial charge on any atom is 0.488 e. The van der Waals surface area contributed by atoms with Crippen LogP contribution in [0.4, 0.5) is 0 Å². The number of nitrogens with zero attached hydrogens (tertiary/aromatic N) is 3. The molecule has 0 aliphatic heterocycles. The first-order chi connectivity index (χ1) is 7.57. The maximum atomic E-state index is 12.5. The van der Waals surface area contributed by atoms with Crippen molar-refractivity contribution in [3.05, 3.63) is 0 Å². The Morgan fingerprint density at radius 3 is 1.28 bits per heavy atom. The van der Waals surface area contributed by atoms with Gasteiger partial charge in [0.2, 0.25) is 0 Å². The summed E-state index contributed by atoms with van der Waals surface area (Å²) in [7, 11) is 12.8. The molecule has 0 atom stereocenters. The van der Waals surface area contributed by atoms with Gasteiger partial charge in [0.05, 0.1) is 19.6 Å². The molecule has 0 heterocycles. The smallest absolute Gasteiger partial charge is 0.248 e. The van der Waals surface area contributed by atoms with Crippen LogP contribution in [0.3, 0.4) is 0 Å². The molecule has 0 aromatic heterocycles. The highest BCUT2D eigenvalue weighted by Crippen LogP contribution is 2.22. The third-order valence-corrected chi connectivity index (χ3v) is 4.36. The van der Waals surface area contributed by atoms with E-state index in [1.54, 1.807) is 28.2 Å². The van der Waals surface area contributed by atoms with Crippen LogP contribution in [0.15, 0.2) is 0 Å². The van der Waals surface area contributed by atoms with E-state index >= 15 is 0 Å². The molecule has 2 amide bonds. The second-order valence-electron chi connectivity index (χ2n) is 7.57. The SMILES string of the molecule is CC(C)(C)[N+](C)(C)C(=O)C(=O)[N+](C)(C)[N+](C)(C)C. The monoisotopic (exact) mass is 260 g/mol. The van der Waals surface area contributed by atoms with Gasteiger partial charge in [-0.3, -0.25) is 0 Å². The minimum Gasteiger partial charge on any atom is -0.248 e. The van der Waals surface area contributed by atoms with E-state index in [0.29, 0.717) is 4.59 Å². The largest absolute Gasteiger partial charge is 0.488 e. The van der Waals surface area contributed by atoms with E-state index < -0.39 is 0 Å². The number of hydrogen-bond donors (Lipinski definition) is 0. The standard InChI is InChI=1S/C13H30N3O2/c1-13(2,3)15(7,8)11(17)12(18)16(9,10)14(4,5)6/h1-10H3/q+3. The molecule has 0 unspecified atom stereocenters. The molecule has 0 aromatic rings. The van der Waals surface area contributed by atoms with Gasteiger partial charge >= 0.3 is 11.8 Å². The van der Waals surface area contributed by atoms with Gasteiger partial charge in [-0.05, 0) is 20.8 Å². The van der Waals surface area contributed by atoms with Gasteiger partial charge in [0.1, 0.15) is 35.2 Å². The lowest BCUT2D eigenvalue weighted by molar-refractivity contribution is -1.42. The fraction of sp³-hybridized carbons (Fsp3) is 0.846. The molecular formula is C13H30N3O2+3. The summed E-state index contributed by atoms with van der Waals surface area (Å²) in [6.07, 6.45) is 0. The molecule has 0 aromatic carbocycles. The molecule has 0 aliphatic carbocycles. The first kappa shape index (κ1) is 17.2. The Balaban J connectivity index is 5.47. The molecule has 0 rings (SSSR count). The third kappa shape index (κ3) is 2.79. The van der Waals surface area contributed by atoms with Crippen molar-refractivity contribution in [2.24, 2.45) is 0 Å². The molecule has 0 fully saturated rings. The van der Waals surface area contributed by atoms with Crippen molar-refractivity contribution in [2.75, 3.05) is 49.3 Å². The molecule has 0 N–H and O–H groups in total. The highest BCUT2D eigenvalue weighted by Gasteiger charge is 2.54. The number of likely N-dealkylation sites (N-methyl/N-ethyl adjacent to an activating group) is 2. The van der Waals surface area contributed by atoms with Crippen LogP contribution < -0.4 is 0 Å². The van der Waals surface area contributed by atoms with Crippen LogP contribution in [0.2, 0.25) is 0 Å². The van der Waals surface area contributed by atoms with Gasteiger partial charge in [-0.1, -0.05) is 0 Å².